The second-order valence-corrected chi connectivity index (χ2v) is 4.48. The molecule has 1 fully saturated rings. The highest BCUT2D eigenvalue weighted by Gasteiger charge is 2.23. The quantitative estimate of drug-likeness (QED) is 0.741. The minimum absolute atomic E-state index is 0.322. The van der Waals surface area contributed by atoms with Gasteiger partial charge >= 0.3 is 6.09 Å². The summed E-state index contributed by atoms with van der Waals surface area (Å²) in [6.07, 6.45) is 8.00. The van der Waals surface area contributed by atoms with Crippen LogP contribution in [0.25, 0.3) is 0 Å². The molecule has 1 heterocycles. The number of carbonyl (C=O) groups is 1. The molecule has 0 aromatic carbocycles. The van der Waals surface area contributed by atoms with Crippen molar-refractivity contribution in [1.29, 1.82) is 0 Å². The fourth-order valence-corrected chi connectivity index (χ4v) is 2.04. The lowest BCUT2D eigenvalue weighted by Crippen LogP contribution is -2.39. The molecule has 1 aliphatic heterocycles. The van der Waals surface area contributed by atoms with Crippen LogP contribution >= 0.6 is 0 Å². The third kappa shape index (κ3) is 3.58. The summed E-state index contributed by atoms with van der Waals surface area (Å²) in [5.41, 5.74) is 1.05. The number of carbonyl (C=O) groups excluding carboxylic acids is 1. The van der Waals surface area contributed by atoms with Gasteiger partial charge in [-0.25, -0.2) is 9.18 Å². The van der Waals surface area contributed by atoms with E-state index >= 15 is 0 Å². The monoisotopic (exact) mass is 239 g/mol. The summed E-state index contributed by atoms with van der Waals surface area (Å²) in [6, 6.07) is 0. The summed E-state index contributed by atoms with van der Waals surface area (Å²) in [5, 5.41) is 0. The van der Waals surface area contributed by atoms with Crippen LogP contribution in [0, 0.1) is 0 Å². The van der Waals surface area contributed by atoms with E-state index in [4.69, 9.17) is 4.74 Å². The minimum Gasteiger partial charge on any atom is -0.445 e. The van der Waals surface area contributed by atoms with Crippen molar-refractivity contribution < 1.29 is 13.9 Å². The highest BCUT2D eigenvalue weighted by Crippen LogP contribution is 2.15. The van der Waals surface area contributed by atoms with Gasteiger partial charge < -0.3 is 9.64 Å². The SMILES string of the molecule is O=C(OCC1=CCCC=C1)N1CCC(F)CC1. The van der Waals surface area contributed by atoms with Crippen LogP contribution in [0.1, 0.15) is 25.7 Å². The van der Waals surface area contributed by atoms with Gasteiger partial charge in [-0.1, -0.05) is 18.2 Å². The van der Waals surface area contributed by atoms with Crippen LogP contribution in [-0.2, 0) is 4.74 Å². The Morgan fingerprint density at radius 1 is 1.41 bits per heavy atom. The first kappa shape index (κ1) is 12.1. The van der Waals surface area contributed by atoms with Gasteiger partial charge in [-0.05, 0) is 31.3 Å². The van der Waals surface area contributed by atoms with Crippen molar-refractivity contribution in [3.05, 3.63) is 23.8 Å². The molecule has 2 aliphatic rings. The Morgan fingerprint density at radius 3 is 2.82 bits per heavy atom. The summed E-state index contributed by atoms with van der Waals surface area (Å²) >= 11 is 0. The second-order valence-electron chi connectivity index (χ2n) is 4.48. The Labute approximate surface area is 101 Å². The van der Waals surface area contributed by atoms with Crippen LogP contribution in [0.4, 0.5) is 9.18 Å². The fourth-order valence-electron chi connectivity index (χ4n) is 2.04. The van der Waals surface area contributed by atoms with E-state index in [1.807, 2.05) is 6.08 Å². The Balaban J connectivity index is 1.73. The van der Waals surface area contributed by atoms with Crippen molar-refractivity contribution in [2.45, 2.75) is 31.9 Å². The predicted octanol–water partition coefficient (Wildman–Crippen LogP) is 2.83. The van der Waals surface area contributed by atoms with E-state index in [2.05, 4.69) is 12.2 Å². The number of piperidine rings is 1. The van der Waals surface area contributed by atoms with Gasteiger partial charge in [0, 0.05) is 13.1 Å². The van der Waals surface area contributed by atoms with E-state index < -0.39 is 6.17 Å². The molecule has 94 valence electrons. The maximum Gasteiger partial charge on any atom is 0.410 e. The molecule has 3 nitrogen and oxygen atoms in total. The third-order valence-electron chi connectivity index (χ3n) is 3.12. The average molecular weight is 239 g/mol. The van der Waals surface area contributed by atoms with E-state index in [0.717, 1.165) is 18.4 Å². The lowest BCUT2D eigenvalue weighted by atomic mass is 10.1. The smallest absolute Gasteiger partial charge is 0.410 e. The largest absolute Gasteiger partial charge is 0.445 e. The molecule has 0 unspecified atom stereocenters. The molecule has 0 bridgehead atoms. The molecular formula is C13H18FNO2. The average Bonchev–Trinajstić information content (AvgIpc) is 2.38. The highest BCUT2D eigenvalue weighted by molar-refractivity contribution is 5.68. The normalized spacial score (nSPS) is 21.2. The highest BCUT2D eigenvalue weighted by atomic mass is 19.1. The van der Waals surface area contributed by atoms with Gasteiger partial charge in [-0.15, -0.1) is 0 Å². The van der Waals surface area contributed by atoms with Gasteiger partial charge in [0.1, 0.15) is 12.8 Å². The summed E-state index contributed by atoms with van der Waals surface area (Å²) in [5.74, 6) is 0. The number of hydrogen-bond acceptors (Lipinski definition) is 2. The van der Waals surface area contributed by atoms with Gasteiger partial charge in [0.25, 0.3) is 0 Å². The number of alkyl halides is 1. The standard InChI is InChI=1S/C13H18FNO2/c14-12-6-8-15(9-7-12)13(16)17-10-11-4-2-1-3-5-11/h2,4-5,12H,1,3,6-10H2. The molecule has 1 saturated heterocycles. The van der Waals surface area contributed by atoms with Gasteiger partial charge in [0.05, 0.1) is 0 Å². The maximum absolute atomic E-state index is 12.9. The van der Waals surface area contributed by atoms with E-state index in [-0.39, 0.29) is 6.09 Å². The van der Waals surface area contributed by atoms with Crippen LogP contribution in [0.2, 0.25) is 0 Å². The molecule has 0 aromatic heterocycles. The molecule has 0 atom stereocenters. The predicted molar refractivity (Wildman–Crippen MR) is 63.5 cm³/mol. The molecule has 4 heteroatoms. The maximum atomic E-state index is 12.9. The molecule has 0 spiro atoms. The van der Waals surface area contributed by atoms with E-state index in [9.17, 15) is 9.18 Å². The zero-order chi connectivity index (χ0) is 12.1. The fraction of sp³-hybridized carbons (Fsp3) is 0.615. The van der Waals surface area contributed by atoms with Gasteiger partial charge in [0.15, 0.2) is 0 Å². The van der Waals surface area contributed by atoms with Crippen molar-refractivity contribution in [2.75, 3.05) is 19.7 Å². The summed E-state index contributed by atoms with van der Waals surface area (Å²) in [4.78, 5) is 13.3. The Hall–Kier alpha value is -1.32. The Kier molecular flexibility index (Phi) is 4.18. The number of allylic oxidation sites excluding steroid dienone is 2. The van der Waals surface area contributed by atoms with Gasteiger partial charge in [-0.2, -0.15) is 0 Å². The van der Waals surface area contributed by atoms with Crippen molar-refractivity contribution in [3.8, 4) is 0 Å². The number of hydrogen-bond donors (Lipinski definition) is 0. The van der Waals surface area contributed by atoms with Crippen LogP contribution in [0.3, 0.4) is 0 Å². The van der Waals surface area contributed by atoms with E-state index in [0.29, 0.717) is 32.5 Å². The van der Waals surface area contributed by atoms with Crippen molar-refractivity contribution in [1.82, 2.24) is 4.90 Å². The van der Waals surface area contributed by atoms with Crippen molar-refractivity contribution in [3.63, 3.8) is 0 Å². The van der Waals surface area contributed by atoms with E-state index in [1.165, 1.54) is 0 Å². The first-order valence-corrected chi connectivity index (χ1v) is 6.17. The zero-order valence-corrected chi connectivity index (χ0v) is 9.90. The topological polar surface area (TPSA) is 29.5 Å². The first-order chi connectivity index (χ1) is 8.25. The number of nitrogens with zero attached hydrogens (tertiary/aromatic N) is 1. The molecular weight excluding hydrogens is 221 g/mol. The lowest BCUT2D eigenvalue weighted by molar-refractivity contribution is 0.0886. The lowest BCUT2D eigenvalue weighted by Gasteiger charge is -2.27. The Bertz CT molecular complexity index is 330. The van der Waals surface area contributed by atoms with E-state index in [1.54, 1.807) is 4.90 Å². The van der Waals surface area contributed by atoms with Crippen LogP contribution in [-0.4, -0.2) is 36.9 Å². The number of ether oxygens (including phenoxy) is 1. The summed E-state index contributed by atoms with van der Waals surface area (Å²) in [6.45, 7) is 1.26. The third-order valence-corrected chi connectivity index (χ3v) is 3.12. The summed E-state index contributed by atoms with van der Waals surface area (Å²) in [7, 11) is 0. The number of halogens is 1. The van der Waals surface area contributed by atoms with Gasteiger partial charge in [-0.3, -0.25) is 0 Å². The molecule has 2 rings (SSSR count). The van der Waals surface area contributed by atoms with Crippen LogP contribution < -0.4 is 0 Å². The Morgan fingerprint density at radius 2 is 2.18 bits per heavy atom. The molecule has 1 aliphatic carbocycles. The molecule has 0 aromatic rings. The number of amides is 1. The molecule has 17 heavy (non-hydrogen) atoms. The van der Waals surface area contributed by atoms with Crippen molar-refractivity contribution in [2.24, 2.45) is 0 Å². The van der Waals surface area contributed by atoms with Crippen molar-refractivity contribution >= 4 is 6.09 Å². The second kappa shape index (κ2) is 5.84. The van der Waals surface area contributed by atoms with Crippen LogP contribution in [0.5, 0.6) is 0 Å². The molecule has 0 saturated carbocycles. The number of likely N-dealkylation sites (tertiary alicyclic amines) is 1. The number of rotatable bonds is 2. The zero-order valence-electron chi connectivity index (χ0n) is 9.90. The molecule has 1 amide bonds. The molecule has 0 N–H and O–H groups in total. The molecule has 0 radical (unpaired) electrons. The van der Waals surface area contributed by atoms with Gasteiger partial charge in [0.2, 0.25) is 0 Å². The first-order valence-electron chi connectivity index (χ1n) is 6.17. The van der Waals surface area contributed by atoms with Crippen LogP contribution in [0.15, 0.2) is 23.8 Å². The summed E-state index contributed by atoms with van der Waals surface area (Å²) < 4.78 is 18.1. The minimum atomic E-state index is -0.761.